The van der Waals surface area contributed by atoms with Crippen LogP contribution in [0.3, 0.4) is 0 Å². The molecule has 0 aliphatic heterocycles. The van der Waals surface area contributed by atoms with Crippen LogP contribution in [0.2, 0.25) is 5.02 Å². The molecule has 102 valence electrons. The molecule has 2 rings (SSSR count). The summed E-state index contributed by atoms with van der Waals surface area (Å²) in [7, 11) is 3.62. The second kappa shape index (κ2) is 6.27. The first kappa shape index (κ1) is 14.9. The summed E-state index contributed by atoms with van der Waals surface area (Å²) in [5.41, 5.74) is 2.28. The second-order valence-electron chi connectivity index (χ2n) is 4.17. The van der Waals surface area contributed by atoms with E-state index in [0.29, 0.717) is 5.02 Å². The molecule has 1 atom stereocenters. The Morgan fingerprint density at radius 2 is 2.05 bits per heavy atom. The highest BCUT2D eigenvalue weighted by Gasteiger charge is 2.20. The van der Waals surface area contributed by atoms with Crippen LogP contribution in [-0.4, -0.2) is 14.2 Å². The average Bonchev–Trinajstić information content (AvgIpc) is 2.70. The molecule has 0 aliphatic carbocycles. The molecule has 0 aliphatic rings. The Labute approximate surface area is 130 Å². The molecule has 0 bridgehead atoms. The first-order valence-electron chi connectivity index (χ1n) is 5.83. The van der Waals surface area contributed by atoms with E-state index >= 15 is 0 Å². The van der Waals surface area contributed by atoms with Crippen molar-refractivity contribution in [2.24, 2.45) is 0 Å². The Balaban J connectivity index is 2.53. The van der Waals surface area contributed by atoms with Crippen LogP contribution in [0.25, 0.3) is 0 Å². The zero-order valence-corrected chi connectivity index (χ0v) is 14.1. The van der Waals surface area contributed by atoms with Crippen LogP contribution in [0, 0.1) is 6.92 Å². The molecular formula is C14H15BrClNOS. The molecule has 1 aromatic heterocycles. The third-order valence-corrected chi connectivity index (χ3v) is 4.83. The summed E-state index contributed by atoms with van der Waals surface area (Å²) in [5.74, 6) is 0.838. The predicted octanol–water partition coefficient (Wildman–Crippen LogP) is 4.79. The van der Waals surface area contributed by atoms with Gasteiger partial charge in [-0.15, -0.1) is 11.3 Å². The number of halogens is 2. The van der Waals surface area contributed by atoms with Gasteiger partial charge in [0.15, 0.2) is 0 Å². The molecule has 0 saturated heterocycles. The number of hydrogen-bond acceptors (Lipinski definition) is 3. The predicted molar refractivity (Wildman–Crippen MR) is 85.7 cm³/mol. The van der Waals surface area contributed by atoms with Gasteiger partial charge in [0.05, 0.1) is 16.9 Å². The van der Waals surface area contributed by atoms with Crippen molar-refractivity contribution in [1.29, 1.82) is 0 Å². The van der Waals surface area contributed by atoms with Crippen molar-refractivity contribution in [2.75, 3.05) is 14.2 Å². The highest BCUT2D eigenvalue weighted by Crippen LogP contribution is 2.37. The van der Waals surface area contributed by atoms with E-state index in [1.807, 2.05) is 25.2 Å². The van der Waals surface area contributed by atoms with Gasteiger partial charge < -0.3 is 10.1 Å². The molecule has 1 heterocycles. The van der Waals surface area contributed by atoms with E-state index in [1.165, 1.54) is 10.4 Å². The van der Waals surface area contributed by atoms with Crippen molar-refractivity contribution >= 4 is 38.9 Å². The van der Waals surface area contributed by atoms with Crippen LogP contribution in [0.4, 0.5) is 0 Å². The molecule has 1 aromatic carbocycles. The SMILES string of the molecule is CNC(c1cc(Cl)ccc1OC)c1cc(Br)sc1C. The number of aryl methyl sites for hydroxylation is 1. The van der Waals surface area contributed by atoms with Crippen molar-refractivity contribution in [1.82, 2.24) is 5.32 Å². The van der Waals surface area contributed by atoms with Crippen molar-refractivity contribution in [3.8, 4) is 5.75 Å². The molecule has 0 saturated carbocycles. The van der Waals surface area contributed by atoms with Crippen LogP contribution in [-0.2, 0) is 0 Å². The maximum atomic E-state index is 6.12. The topological polar surface area (TPSA) is 21.3 Å². The highest BCUT2D eigenvalue weighted by molar-refractivity contribution is 9.11. The Morgan fingerprint density at radius 1 is 1.32 bits per heavy atom. The quantitative estimate of drug-likeness (QED) is 0.846. The number of hydrogen-bond donors (Lipinski definition) is 1. The third kappa shape index (κ3) is 3.14. The Morgan fingerprint density at radius 3 is 2.58 bits per heavy atom. The number of rotatable bonds is 4. The van der Waals surface area contributed by atoms with Crippen molar-refractivity contribution in [2.45, 2.75) is 13.0 Å². The molecule has 0 fully saturated rings. The molecule has 1 N–H and O–H groups in total. The van der Waals surface area contributed by atoms with Crippen LogP contribution in [0.1, 0.15) is 22.0 Å². The fraction of sp³-hybridized carbons (Fsp3) is 0.286. The van der Waals surface area contributed by atoms with Crippen LogP contribution >= 0.6 is 38.9 Å². The lowest BCUT2D eigenvalue weighted by atomic mass is 9.98. The standard InChI is InChI=1S/C14H15BrClNOS/c1-8-10(7-13(15)19-8)14(17-2)11-6-9(16)4-5-12(11)18-3/h4-7,14,17H,1-3H3. The zero-order valence-electron chi connectivity index (χ0n) is 11.0. The Kier molecular flexibility index (Phi) is 4.90. The van der Waals surface area contributed by atoms with Crippen LogP contribution < -0.4 is 10.1 Å². The van der Waals surface area contributed by atoms with Gasteiger partial charge >= 0.3 is 0 Å². The summed E-state index contributed by atoms with van der Waals surface area (Å²) >= 11 is 11.4. The van der Waals surface area contributed by atoms with Crippen LogP contribution in [0.15, 0.2) is 28.1 Å². The normalized spacial score (nSPS) is 12.5. The van der Waals surface area contributed by atoms with Crippen LogP contribution in [0.5, 0.6) is 5.75 Å². The van der Waals surface area contributed by atoms with E-state index in [9.17, 15) is 0 Å². The molecule has 0 amide bonds. The van der Waals surface area contributed by atoms with Gasteiger partial charge in [-0.25, -0.2) is 0 Å². The van der Waals surface area contributed by atoms with Gasteiger partial charge in [-0.1, -0.05) is 11.6 Å². The molecule has 2 nitrogen and oxygen atoms in total. The lowest BCUT2D eigenvalue weighted by Crippen LogP contribution is -2.18. The summed E-state index contributed by atoms with van der Waals surface area (Å²) in [4.78, 5) is 1.27. The van der Waals surface area contributed by atoms with Gasteiger partial charge in [0.2, 0.25) is 0 Å². The van der Waals surface area contributed by atoms with E-state index in [-0.39, 0.29) is 6.04 Å². The minimum absolute atomic E-state index is 0.0659. The van der Waals surface area contributed by atoms with Gasteiger partial charge in [0, 0.05) is 15.5 Å². The Hall–Kier alpha value is -0.550. The molecule has 5 heteroatoms. The molecule has 2 aromatic rings. The van der Waals surface area contributed by atoms with E-state index in [0.717, 1.165) is 15.1 Å². The van der Waals surface area contributed by atoms with E-state index in [1.54, 1.807) is 18.4 Å². The first-order valence-corrected chi connectivity index (χ1v) is 7.82. The van der Waals surface area contributed by atoms with Gasteiger partial charge in [-0.3, -0.25) is 0 Å². The molecule has 1 unspecified atom stereocenters. The minimum Gasteiger partial charge on any atom is -0.496 e. The third-order valence-electron chi connectivity index (χ3n) is 3.03. The summed E-state index contributed by atoms with van der Waals surface area (Å²) in [6, 6.07) is 7.90. The smallest absolute Gasteiger partial charge is 0.124 e. The maximum Gasteiger partial charge on any atom is 0.124 e. The van der Waals surface area contributed by atoms with Crippen molar-refractivity contribution in [3.63, 3.8) is 0 Å². The van der Waals surface area contributed by atoms with E-state index in [4.69, 9.17) is 16.3 Å². The monoisotopic (exact) mass is 359 g/mol. The van der Waals surface area contributed by atoms with Gasteiger partial charge in [0.1, 0.15) is 5.75 Å². The summed E-state index contributed by atoms with van der Waals surface area (Å²) in [6.45, 7) is 2.12. The molecular weight excluding hydrogens is 346 g/mol. The van der Waals surface area contributed by atoms with Crippen molar-refractivity contribution < 1.29 is 4.74 Å². The van der Waals surface area contributed by atoms with Gasteiger partial charge in [-0.2, -0.15) is 0 Å². The zero-order chi connectivity index (χ0) is 14.0. The largest absolute Gasteiger partial charge is 0.496 e. The molecule has 19 heavy (non-hydrogen) atoms. The number of benzene rings is 1. The lowest BCUT2D eigenvalue weighted by Gasteiger charge is -2.20. The van der Waals surface area contributed by atoms with Gasteiger partial charge in [0.25, 0.3) is 0 Å². The van der Waals surface area contributed by atoms with Gasteiger partial charge in [-0.05, 0) is 59.7 Å². The van der Waals surface area contributed by atoms with E-state index in [2.05, 4.69) is 34.2 Å². The summed E-state index contributed by atoms with van der Waals surface area (Å²) in [6.07, 6.45) is 0. The number of methoxy groups -OCH3 is 1. The fourth-order valence-corrected chi connectivity index (χ4v) is 4.08. The van der Waals surface area contributed by atoms with E-state index < -0.39 is 0 Å². The minimum atomic E-state index is 0.0659. The Bertz CT molecular complexity index is 585. The second-order valence-corrected chi connectivity index (χ2v) is 7.24. The highest BCUT2D eigenvalue weighted by atomic mass is 79.9. The fourth-order valence-electron chi connectivity index (χ4n) is 2.15. The number of nitrogens with one attached hydrogen (secondary N) is 1. The summed E-state index contributed by atoms with van der Waals surface area (Å²) in [5, 5.41) is 4.05. The number of ether oxygens (including phenoxy) is 1. The molecule has 0 radical (unpaired) electrons. The lowest BCUT2D eigenvalue weighted by molar-refractivity contribution is 0.405. The number of thiophene rings is 1. The average molecular weight is 361 g/mol. The maximum absolute atomic E-state index is 6.12. The summed E-state index contributed by atoms with van der Waals surface area (Å²) < 4.78 is 6.57. The first-order chi connectivity index (χ1) is 9.06. The molecule has 0 spiro atoms. The van der Waals surface area contributed by atoms with Crippen molar-refractivity contribution in [3.05, 3.63) is 49.1 Å².